The van der Waals surface area contributed by atoms with Gasteiger partial charge < -0.3 is 9.64 Å². The van der Waals surface area contributed by atoms with E-state index < -0.39 is 11.3 Å². The molecule has 0 saturated carbocycles. The second kappa shape index (κ2) is 5.40. The van der Waals surface area contributed by atoms with E-state index in [2.05, 4.69) is 0 Å². The Hall–Kier alpha value is -1.55. The highest BCUT2D eigenvalue weighted by Crippen LogP contribution is 2.25. The first-order valence-corrected chi connectivity index (χ1v) is 6.16. The maximum Gasteiger partial charge on any atom is 0.258 e. The summed E-state index contributed by atoms with van der Waals surface area (Å²) < 4.78 is 5.16. The van der Waals surface area contributed by atoms with Crippen LogP contribution in [0.3, 0.4) is 0 Å². The molecule has 5 heteroatoms. The number of hydrogen-bond donors (Lipinski definition) is 0. The Bertz CT molecular complexity index is 475. The summed E-state index contributed by atoms with van der Waals surface area (Å²) in [4.78, 5) is 25.2. The van der Waals surface area contributed by atoms with Gasteiger partial charge in [0.25, 0.3) is 5.91 Å². The molecule has 1 aromatic rings. The number of hydrogen-bond acceptors (Lipinski definition) is 3. The molecule has 1 aliphatic rings. The Kier molecular flexibility index (Phi) is 3.87. The highest BCUT2D eigenvalue weighted by atomic mass is 35.5. The van der Waals surface area contributed by atoms with Gasteiger partial charge in [0.05, 0.1) is 12.7 Å². The zero-order valence-corrected chi connectivity index (χ0v) is 10.8. The fourth-order valence-electron chi connectivity index (χ4n) is 2.22. The number of methoxy groups -OCH3 is 1. The molecule has 1 heterocycles. The quantitative estimate of drug-likeness (QED) is 0.788. The zero-order valence-electron chi connectivity index (χ0n) is 10.1. The van der Waals surface area contributed by atoms with E-state index in [1.165, 1.54) is 12.0 Å². The Morgan fingerprint density at radius 1 is 1.39 bits per heavy atom. The maximum absolute atomic E-state index is 12.4. The summed E-state index contributed by atoms with van der Waals surface area (Å²) >= 11 is 5.52. The smallest absolute Gasteiger partial charge is 0.258 e. The fraction of sp³-hybridized carbons (Fsp3) is 0.385. The average Bonchev–Trinajstić information content (AvgIpc) is 2.87. The second-order valence-electron chi connectivity index (χ2n) is 4.16. The predicted octanol–water partition coefficient (Wildman–Crippen LogP) is 2.07. The van der Waals surface area contributed by atoms with Crippen LogP contribution >= 0.6 is 11.6 Å². The Morgan fingerprint density at radius 3 is 2.78 bits per heavy atom. The van der Waals surface area contributed by atoms with Gasteiger partial charge in [-0.15, -0.1) is 0 Å². The number of ether oxygens (including phenoxy) is 1. The van der Waals surface area contributed by atoms with Gasteiger partial charge in [-0.25, -0.2) is 0 Å². The van der Waals surface area contributed by atoms with E-state index >= 15 is 0 Å². The van der Waals surface area contributed by atoms with Crippen molar-refractivity contribution >= 4 is 22.8 Å². The number of nitrogens with zero attached hydrogens (tertiary/aromatic N) is 1. The van der Waals surface area contributed by atoms with E-state index in [-0.39, 0.29) is 5.91 Å². The molecule has 0 bridgehead atoms. The molecule has 4 nitrogen and oxygen atoms in total. The number of carbonyl (C=O) groups is 2. The highest BCUT2D eigenvalue weighted by Gasteiger charge is 2.34. The minimum Gasteiger partial charge on any atom is -0.496 e. The number of benzene rings is 1. The highest BCUT2D eigenvalue weighted by molar-refractivity contribution is 6.64. The standard InChI is InChI=1S/C13H14ClNO3/c1-18-11-7-3-2-5-9(11)13(17)15-8-4-6-10(15)12(14)16/h2-3,5,7,10H,4,6,8H2,1H3. The summed E-state index contributed by atoms with van der Waals surface area (Å²) in [5, 5.41) is -0.476. The van der Waals surface area contributed by atoms with E-state index in [4.69, 9.17) is 16.3 Å². The summed E-state index contributed by atoms with van der Waals surface area (Å²) in [7, 11) is 1.51. The van der Waals surface area contributed by atoms with Gasteiger partial charge in [0.15, 0.2) is 0 Å². The molecule has 0 N–H and O–H groups in total. The number of rotatable bonds is 3. The van der Waals surface area contributed by atoms with Crippen molar-refractivity contribution in [3.05, 3.63) is 29.8 Å². The van der Waals surface area contributed by atoms with Crippen molar-refractivity contribution in [2.75, 3.05) is 13.7 Å². The summed E-state index contributed by atoms with van der Waals surface area (Å²) in [6.45, 7) is 0.556. The van der Waals surface area contributed by atoms with Crippen LogP contribution in [0.15, 0.2) is 24.3 Å². The first-order chi connectivity index (χ1) is 8.65. The maximum atomic E-state index is 12.4. The third-order valence-electron chi connectivity index (χ3n) is 3.11. The molecule has 18 heavy (non-hydrogen) atoms. The van der Waals surface area contributed by atoms with E-state index in [1.807, 2.05) is 0 Å². The lowest BCUT2D eigenvalue weighted by Crippen LogP contribution is -2.38. The molecular weight excluding hydrogens is 254 g/mol. The molecule has 0 radical (unpaired) electrons. The molecule has 1 fully saturated rings. The number of carbonyl (C=O) groups excluding carboxylic acids is 2. The third-order valence-corrected chi connectivity index (χ3v) is 3.36. The molecule has 0 spiro atoms. The van der Waals surface area contributed by atoms with E-state index in [9.17, 15) is 9.59 Å². The predicted molar refractivity (Wildman–Crippen MR) is 67.9 cm³/mol. The lowest BCUT2D eigenvalue weighted by atomic mass is 10.1. The van der Waals surface area contributed by atoms with Crippen LogP contribution in [0.2, 0.25) is 0 Å². The summed E-state index contributed by atoms with van der Waals surface area (Å²) in [5.41, 5.74) is 0.463. The molecule has 2 rings (SSSR count). The van der Waals surface area contributed by atoms with Crippen molar-refractivity contribution in [2.24, 2.45) is 0 Å². The van der Waals surface area contributed by atoms with Gasteiger partial charge in [0.1, 0.15) is 11.8 Å². The van der Waals surface area contributed by atoms with Gasteiger partial charge in [-0.2, -0.15) is 0 Å². The third kappa shape index (κ3) is 2.34. The van der Waals surface area contributed by atoms with Crippen molar-refractivity contribution in [3.8, 4) is 5.75 Å². The van der Waals surface area contributed by atoms with Gasteiger partial charge >= 0.3 is 0 Å². The number of amides is 1. The minimum absolute atomic E-state index is 0.205. The molecule has 1 unspecified atom stereocenters. The van der Waals surface area contributed by atoms with Crippen molar-refractivity contribution in [2.45, 2.75) is 18.9 Å². The molecule has 1 aliphatic heterocycles. The topological polar surface area (TPSA) is 46.6 Å². The normalized spacial score (nSPS) is 18.8. The molecule has 1 amide bonds. The Labute approximate surface area is 110 Å². The van der Waals surface area contributed by atoms with Crippen LogP contribution in [0.4, 0.5) is 0 Å². The molecule has 1 atom stereocenters. The number of halogens is 1. The van der Waals surface area contributed by atoms with E-state index in [0.717, 1.165) is 6.42 Å². The van der Waals surface area contributed by atoms with E-state index in [0.29, 0.717) is 24.3 Å². The summed E-state index contributed by atoms with van der Waals surface area (Å²) in [6, 6.07) is 6.47. The molecule has 96 valence electrons. The first-order valence-electron chi connectivity index (χ1n) is 5.78. The van der Waals surface area contributed by atoms with Gasteiger partial charge in [-0.05, 0) is 36.6 Å². The number of para-hydroxylation sites is 1. The van der Waals surface area contributed by atoms with Gasteiger partial charge in [-0.3, -0.25) is 9.59 Å². The molecule has 1 saturated heterocycles. The van der Waals surface area contributed by atoms with Crippen molar-refractivity contribution < 1.29 is 14.3 Å². The van der Waals surface area contributed by atoms with Crippen LogP contribution in [0.25, 0.3) is 0 Å². The van der Waals surface area contributed by atoms with Crippen LogP contribution < -0.4 is 4.74 Å². The van der Waals surface area contributed by atoms with Crippen molar-refractivity contribution in [1.82, 2.24) is 4.90 Å². The van der Waals surface area contributed by atoms with Crippen LogP contribution in [0.1, 0.15) is 23.2 Å². The van der Waals surface area contributed by atoms with Crippen molar-refractivity contribution in [3.63, 3.8) is 0 Å². The zero-order chi connectivity index (χ0) is 13.1. The van der Waals surface area contributed by atoms with Gasteiger partial charge in [-0.1, -0.05) is 12.1 Å². The van der Waals surface area contributed by atoms with Crippen molar-refractivity contribution in [1.29, 1.82) is 0 Å². The molecular formula is C13H14ClNO3. The first kappa shape index (κ1) is 12.9. The van der Waals surface area contributed by atoms with Crippen LogP contribution in [0, 0.1) is 0 Å². The second-order valence-corrected chi connectivity index (χ2v) is 4.53. The Balaban J connectivity index is 2.28. The van der Waals surface area contributed by atoms with Gasteiger partial charge in [0.2, 0.25) is 5.24 Å². The number of likely N-dealkylation sites (tertiary alicyclic amines) is 1. The van der Waals surface area contributed by atoms with E-state index in [1.54, 1.807) is 24.3 Å². The summed E-state index contributed by atoms with van der Waals surface area (Å²) in [6.07, 6.45) is 1.42. The van der Waals surface area contributed by atoms with Crippen LogP contribution in [-0.2, 0) is 4.79 Å². The lowest BCUT2D eigenvalue weighted by molar-refractivity contribution is -0.115. The molecule has 1 aromatic carbocycles. The SMILES string of the molecule is COc1ccccc1C(=O)N1CCCC1C(=O)Cl. The average molecular weight is 268 g/mol. The molecule has 0 aromatic heterocycles. The Morgan fingerprint density at radius 2 is 2.11 bits per heavy atom. The summed E-state index contributed by atoms with van der Waals surface area (Å²) in [5.74, 6) is 0.305. The monoisotopic (exact) mass is 267 g/mol. The molecule has 0 aliphatic carbocycles. The van der Waals surface area contributed by atoms with Gasteiger partial charge in [0, 0.05) is 6.54 Å². The van der Waals surface area contributed by atoms with Crippen LogP contribution in [-0.4, -0.2) is 35.7 Å². The minimum atomic E-state index is -0.510. The largest absolute Gasteiger partial charge is 0.496 e. The lowest BCUT2D eigenvalue weighted by Gasteiger charge is -2.22. The van der Waals surface area contributed by atoms with Crippen LogP contribution in [0.5, 0.6) is 5.75 Å². The fourth-order valence-corrected chi connectivity index (χ4v) is 2.45.